The highest BCUT2D eigenvalue weighted by molar-refractivity contribution is 4.82. The van der Waals surface area contributed by atoms with Crippen LogP contribution in [0.2, 0.25) is 0 Å². The smallest absolute Gasteiger partial charge is 0.0327 e. The highest BCUT2D eigenvalue weighted by atomic mass is 14.0. The molecule has 0 heterocycles. The molecule has 0 saturated carbocycles. The SMILES string of the molecule is CCCC/C=C/CCCCCCCC/C=C/CC(C)C. The molecule has 0 unspecified atom stereocenters. The summed E-state index contributed by atoms with van der Waals surface area (Å²) in [5.41, 5.74) is 0. The average molecular weight is 279 g/mol. The van der Waals surface area contributed by atoms with E-state index >= 15 is 0 Å². The first kappa shape index (κ1) is 19.5. The van der Waals surface area contributed by atoms with Gasteiger partial charge in [0.2, 0.25) is 0 Å². The lowest BCUT2D eigenvalue weighted by Crippen LogP contribution is -1.82. The van der Waals surface area contributed by atoms with Crippen LogP contribution in [0.3, 0.4) is 0 Å². The summed E-state index contributed by atoms with van der Waals surface area (Å²) in [4.78, 5) is 0. The summed E-state index contributed by atoms with van der Waals surface area (Å²) in [5.74, 6) is 0.808. The van der Waals surface area contributed by atoms with Gasteiger partial charge in [-0.2, -0.15) is 0 Å². The first-order valence-electron chi connectivity index (χ1n) is 9.07. The van der Waals surface area contributed by atoms with Crippen LogP contribution in [0, 0.1) is 5.92 Å². The van der Waals surface area contributed by atoms with E-state index in [2.05, 4.69) is 45.1 Å². The fraction of sp³-hybridized carbons (Fsp3) is 0.800. The summed E-state index contributed by atoms with van der Waals surface area (Å²) >= 11 is 0. The molecule has 0 aromatic carbocycles. The maximum Gasteiger partial charge on any atom is -0.0327 e. The molecule has 0 aromatic heterocycles. The van der Waals surface area contributed by atoms with Crippen LogP contribution in [0.5, 0.6) is 0 Å². The number of rotatable bonds is 14. The van der Waals surface area contributed by atoms with Crippen LogP contribution in [0.25, 0.3) is 0 Å². The molecular formula is C20H38. The van der Waals surface area contributed by atoms with Crippen LogP contribution in [-0.2, 0) is 0 Å². The van der Waals surface area contributed by atoms with Crippen molar-refractivity contribution in [3.63, 3.8) is 0 Å². The summed E-state index contributed by atoms with van der Waals surface area (Å²) < 4.78 is 0. The van der Waals surface area contributed by atoms with Crippen molar-refractivity contribution in [3.8, 4) is 0 Å². The molecule has 0 heteroatoms. The zero-order valence-corrected chi connectivity index (χ0v) is 14.4. The fourth-order valence-electron chi connectivity index (χ4n) is 2.28. The Morgan fingerprint density at radius 1 is 0.600 bits per heavy atom. The Morgan fingerprint density at radius 3 is 1.55 bits per heavy atom. The van der Waals surface area contributed by atoms with E-state index in [4.69, 9.17) is 0 Å². The monoisotopic (exact) mass is 278 g/mol. The van der Waals surface area contributed by atoms with Crippen molar-refractivity contribution in [2.75, 3.05) is 0 Å². The molecule has 0 aliphatic rings. The largest absolute Gasteiger partial charge is 0.0885 e. The lowest BCUT2D eigenvalue weighted by Gasteiger charge is -2.00. The van der Waals surface area contributed by atoms with Crippen molar-refractivity contribution in [2.45, 2.75) is 97.8 Å². The van der Waals surface area contributed by atoms with E-state index in [1.807, 2.05) is 0 Å². The van der Waals surface area contributed by atoms with E-state index in [1.54, 1.807) is 0 Å². The summed E-state index contributed by atoms with van der Waals surface area (Å²) in [6.45, 7) is 6.82. The third-order valence-corrected chi connectivity index (χ3v) is 3.66. The molecule has 0 aromatic rings. The molecule has 0 spiro atoms. The van der Waals surface area contributed by atoms with Gasteiger partial charge >= 0.3 is 0 Å². The topological polar surface area (TPSA) is 0 Å². The quantitative estimate of drug-likeness (QED) is 0.228. The maximum absolute atomic E-state index is 2.38. The summed E-state index contributed by atoms with van der Waals surface area (Å²) in [6, 6.07) is 0. The van der Waals surface area contributed by atoms with Crippen LogP contribution in [0.4, 0.5) is 0 Å². The molecule has 0 saturated heterocycles. The molecule has 20 heavy (non-hydrogen) atoms. The minimum Gasteiger partial charge on any atom is -0.0885 e. The van der Waals surface area contributed by atoms with Crippen molar-refractivity contribution in [1.82, 2.24) is 0 Å². The molecule has 0 rings (SSSR count). The Morgan fingerprint density at radius 2 is 1.05 bits per heavy atom. The van der Waals surface area contributed by atoms with Crippen LogP contribution >= 0.6 is 0 Å². The van der Waals surface area contributed by atoms with Gasteiger partial charge < -0.3 is 0 Å². The standard InChI is InChI=1S/C20H38/c1-4-5-6-7-8-9-10-11-12-13-14-15-16-17-18-19-20(2)3/h7-8,17-18,20H,4-6,9-16,19H2,1-3H3/b8-7+,18-17+. The minimum absolute atomic E-state index is 0.808. The van der Waals surface area contributed by atoms with Gasteiger partial charge in [0.1, 0.15) is 0 Å². The van der Waals surface area contributed by atoms with Gasteiger partial charge in [0.05, 0.1) is 0 Å². The van der Waals surface area contributed by atoms with Gasteiger partial charge in [-0.25, -0.2) is 0 Å². The molecule has 0 nitrogen and oxygen atoms in total. The predicted molar refractivity (Wildman–Crippen MR) is 94.2 cm³/mol. The van der Waals surface area contributed by atoms with Crippen molar-refractivity contribution >= 4 is 0 Å². The zero-order chi connectivity index (χ0) is 14.9. The lowest BCUT2D eigenvalue weighted by molar-refractivity contribution is 0.598. The highest BCUT2D eigenvalue weighted by Gasteiger charge is 1.91. The zero-order valence-electron chi connectivity index (χ0n) is 14.4. The van der Waals surface area contributed by atoms with Gasteiger partial charge in [-0.05, 0) is 44.4 Å². The minimum atomic E-state index is 0.808. The maximum atomic E-state index is 2.38. The predicted octanol–water partition coefficient (Wildman–Crippen LogP) is 7.46. The number of hydrogen-bond acceptors (Lipinski definition) is 0. The molecule has 0 bridgehead atoms. The second-order valence-corrected chi connectivity index (χ2v) is 6.41. The average Bonchev–Trinajstić information content (AvgIpc) is 2.43. The summed E-state index contributed by atoms with van der Waals surface area (Å²) in [5, 5.41) is 0. The number of unbranched alkanes of at least 4 members (excludes halogenated alkanes) is 9. The van der Waals surface area contributed by atoms with Crippen LogP contribution in [-0.4, -0.2) is 0 Å². The molecule has 0 amide bonds. The van der Waals surface area contributed by atoms with Gasteiger partial charge in [-0.1, -0.05) is 83.6 Å². The van der Waals surface area contributed by atoms with E-state index in [9.17, 15) is 0 Å². The Hall–Kier alpha value is -0.520. The Balaban J connectivity index is 3.09. The normalized spacial score (nSPS) is 12.2. The third-order valence-electron chi connectivity index (χ3n) is 3.66. The molecule has 0 aliphatic heterocycles. The van der Waals surface area contributed by atoms with Crippen molar-refractivity contribution in [1.29, 1.82) is 0 Å². The number of allylic oxidation sites excluding steroid dienone is 4. The Kier molecular flexibility index (Phi) is 16.1. The lowest BCUT2D eigenvalue weighted by atomic mass is 10.1. The van der Waals surface area contributed by atoms with E-state index < -0.39 is 0 Å². The van der Waals surface area contributed by atoms with Gasteiger partial charge in [-0.3, -0.25) is 0 Å². The second-order valence-electron chi connectivity index (χ2n) is 6.41. The molecule has 0 radical (unpaired) electrons. The van der Waals surface area contributed by atoms with Crippen LogP contribution in [0.15, 0.2) is 24.3 Å². The van der Waals surface area contributed by atoms with Crippen molar-refractivity contribution in [2.24, 2.45) is 5.92 Å². The molecule has 0 N–H and O–H groups in total. The van der Waals surface area contributed by atoms with Gasteiger partial charge in [0, 0.05) is 0 Å². The van der Waals surface area contributed by atoms with E-state index in [1.165, 1.54) is 77.0 Å². The summed E-state index contributed by atoms with van der Waals surface area (Å²) in [7, 11) is 0. The summed E-state index contributed by atoms with van der Waals surface area (Å²) in [6.07, 6.45) is 25.7. The molecule has 0 fully saturated rings. The van der Waals surface area contributed by atoms with Gasteiger partial charge in [0.15, 0.2) is 0 Å². The first-order valence-corrected chi connectivity index (χ1v) is 9.07. The first-order chi connectivity index (χ1) is 9.77. The van der Waals surface area contributed by atoms with Crippen molar-refractivity contribution < 1.29 is 0 Å². The van der Waals surface area contributed by atoms with Gasteiger partial charge in [-0.15, -0.1) is 0 Å². The van der Waals surface area contributed by atoms with E-state index in [-0.39, 0.29) is 0 Å². The van der Waals surface area contributed by atoms with E-state index in [0.29, 0.717) is 0 Å². The fourth-order valence-corrected chi connectivity index (χ4v) is 2.28. The Bertz CT molecular complexity index is 222. The number of hydrogen-bond donors (Lipinski definition) is 0. The molecule has 118 valence electrons. The van der Waals surface area contributed by atoms with Crippen LogP contribution < -0.4 is 0 Å². The second kappa shape index (κ2) is 16.5. The van der Waals surface area contributed by atoms with Gasteiger partial charge in [0.25, 0.3) is 0 Å². The van der Waals surface area contributed by atoms with E-state index in [0.717, 1.165) is 5.92 Å². The Labute approximate surface area is 128 Å². The van der Waals surface area contributed by atoms with Crippen molar-refractivity contribution in [3.05, 3.63) is 24.3 Å². The highest BCUT2D eigenvalue weighted by Crippen LogP contribution is 2.10. The van der Waals surface area contributed by atoms with Crippen LogP contribution in [0.1, 0.15) is 97.8 Å². The molecule has 0 aliphatic carbocycles. The third kappa shape index (κ3) is 17.5. The molecule has 0 atom stereocenters. The molecular weight excluding hydrogens is 240 g/mol.